The number of aryl methyl sites for hydroxylation is 2. The first-order valence-corrected chi connectivity index (χ1v) is 16.9. The largest absolute Gasteiger partial charge is 0.508 e. The Morgan fingerprint density at radius 1 is 0.490 bits per heavy atom. The fourth-order valence-corrected chi connectivity index (χ4v) is 5.60. The molecule has 252 valence electrons. The SMILES string of the molecule is Cn1ccnc1-c1cccc(Br)c1.Cn1ccnc1-c1cccc(Oc2cccc(-c3ccccn3)c2)c1.Oc1cccc(-c2ccccn2)c1. The van der Waals surface area contributed by atoms with Crippen LogP contribution in [0.25, 0.3) is 45.3 Å². The van der Waals surface area contributed by atoms with Crippen LogP contribution in [0.15, 0.2) is 175 Å². The number of hydrogen-bond donors (Lipinski definition) is 1. The van der Waals surface area contributed by atoms with E-state index in [2.05, 4.69) is 41.9 Å². The number of imidazole rings is 2. The van der Waals surface area contributed by atoms with Crippen LogP contribution in [0.1, 0.15) is 0 Å². The molecule has 4 aromatic heterocycles. The van der Waals surface area contributed by atoms with Gasteiger partial charge in [-0.05, 0) is 72.8 Å². The van der Waals surface area contributed by atoms with Gasteiger partial charge in [-0.3, -0.25) is 9.97 Å². The molecular formula is C42H35BrN6O2. The smallest absolute Gasteiger partial charge is 0.139 e. The third kappa shape index (κ3) is 9.44. The van der Waals surface area contributed by atoms with Gasteiger partial charge < -0.3 is 19.0 Å². The van der Waals surface area contributed by atoms with Crippen molar-refractivity contribution in [2.24, 2.45) is 14.1 Å². The van der Waals surface area contributed by atoms with Gasteiger partial charge in [0.1, 0.15) is 28.9 Å². The first-order chi connectivity index (χ1) is 24.9. The number of benzene rings is 4. The standard InChI is InChI=1S/C21H17N3O.C11H9NO.C10H9BrN2/c1-24-13-12-23-21(24)17-7-5-9-19(15-17)25-18-8-4-6-16(14-18)20-10-2-3-11-22-20;13-10-5-3-4-9(8-10)11-6-1-2-7-12-11;1-13-6-5-12-10(13)8-3-2-4-9(11)7-8/h2-15H,1H3;1-8,13H;2-7H,1H3. The van der Waals surface area contributed by atoms with Crippen molar-refractivity contribution in [1.82, 2.24) is 29.1 Å². The molecule has 0 aliphatic carbocycles. The number of hydrogen-bond acceptors (Lipinski definition) is 6. The summed E-state index contributed by atoms with van der Waals surface area (Å²) < 4.78 is 11.1. The van der Waals surface area contributed by atoms with Gasteiger partial charge in [-0.1, -0.05) is 76.6 Å². The molecule has 1 N–H and O–H groups in total. The van der Waals surface area contributed by atoms with E-state index in [1.807, 2.05) is 145 Å². The topological polar surface area (TPSA) is 90.9 Å². The van der Waals surface area contributed by atoms with E-state index in [0.29, 0.717) is 0 Å². The summed E-state index contributed by atoms with van der Waals surface area (Å²) in [6, 6.07) is 42.6. The third-order valence-corrected chi connectivity index (χ3v) is 8.15. The van der Waals surface area contributed by atoms with Crippen molar-refractivity contribution in [1.29, 1.82) is 0 Å². The van der Waals surface area contributed by atoms with Gasteiger partial charge in [-0.15, -0.1) is 0 Å². The normalized spacial score (nSPS) is 10.3. The highest BCUT2D eigenvalue weighted by atomic mass is 79.9. The van der Waals surface area contributed by atoms with Crippen molar-refractivity contribution in [2.75, 3.05) is 0 Å². The van der Waals surface area contributed by atoms with Crippen LogP contribution in [0.3, 0.4) is 0 Å². The van der Waals surface area contributed by atoms with Crippen molar-refractivity contribution in [3.63, 3.8) is 0 Å². The monoisotopic (exact) mass is 734 g/mol. The summed E-state index contributed by atoms with van der Waals surface area (Å²) in [5.41, 5.74) is 5.90. The predicted molar refractivity (Wildman–Crippen MR) is 206 cm³/mol. The molecule has 51 heavy (non-hydrogen) atoms. The molecule has 9 heteroatoms. The maximum Gasteiger partial charge on any atom is 0.139 e. The zero-order valence-electron chi connectivity index (χ0n) is 28.1. The molecule has 8 nitrogen and oxygen atoms in total. The Morgan fingerprint density at radius 2 is 0.980 bits per heavy atom. The maximum absolute atomic E-state index is 9.25. The number of halogens is 1. The first-order valence-electron chi connectivity index (χ1n) is 16.1. The summed E-state index contributed by atoms with van der Waals surface area (Å²) in [4.78, 5) is 17.2. The molecule has 0 saturated heterocycles. The van der Waals surface area contributed by atoms with E-state index in [9.17, 15) is 5.11 Å². The lowest BCUT2D eigenvalue weighted by molar-refractivity contribution is 0.475. The summed E-state index contributed by atoms with van der Waals surface area (Å²) >= 11 is 3.44. The molecule has 0 unspecified atom stereocenters. The number of pyridine rings is 2. The number of phenols is 1. The minimum Gasteiger partial charge on any atom is -0.508 e. The predicted octanol–water partition coefficient (Wildman–Crippen LogP) is 10.2. The Kier molecular flexibility index (Phi) is 11.4. The number of rotatable bonds is 6. The van der Waals surface area contributed by atoms with Gasteiger partial charge in [0.05, 0.1) is 11.4 Å². The van der Waals surface area contributed by atoms with Crippen molar-refractivity contribution in [3.8, 4) is 62.5 Å². The van der Waals surface area contributed by atoms with Gasteiger partial charge in [0.15, 0.2) is 0 Å². The number of aromatic hydroxyl groups is 1. The van der Waals surface area contributed by atoms with Crippen molar-refractivity contribution in [2.45, 2.75) is 0 Å². The molecule has 0 radical (unpaired) electrons. The number of aromatic nitrogens is 6. The van der Waals surface area contributed by atoms with Gasteiger partial charge in [-0.2, -0.15) is 0 Å². The molecule has 8 rings (SSSR count). The highest BCUT2D eigenvalue weighted by molar-refractivity contribution is 9.10. The zero-order chi connectivity index (χ0) is 35.4. The number of phenolic OH excluding ortho intramolecular Hbond substituents is 1. The van der Waals surface area contributed by atoms with Gasteiger partial charge in [0.25, 0.3) is 0 Å². The van der Waals surface area contributed by atoms with Crippen LogP contribution in [0.2, 0.25) is 0 Å². The van der Waals surface area contributed by atoms with E-state index in [1.165, 1.54) is 0 Å². The van der Waals surface area contributed by atoms with Gasteiger partial charge in [0, 0.05) is 78.0 Å². The Bertz CT molecular complexity index is 2300. The van der Waals surface area contributed by atoms with Crippen LogP contribution in [-0.2, 0) is 14.1 Å². The molecular weight excluding hydrogens is 700 g/mol. The quantitative estimate of drug-likeness (QED) is 0.183. The molecule has 0 atom stereocenters. The molecule has 0 aliphatic heterocycles. The van der Waals surface area contributed by atoms with Crippen LogP contribution in [0, 0.1) is 0 Å². The second-order valence-electron chi connectivity index (χ2n) is 11.4. The average Bonchev–Trinajstić information content (AvgIpc) is 3.81. The zero-order valence-corrected chi connectivity index (χ0v) is 29.7. The lowest BCUT2D eigenvalue weighted by Gasteiger charge is -2.09. The molecule has 0 fully saturated rings. The lowest BCUT2D eigenvalue weighted by Crippen LogP contribution is -1.92. The van der Waals surface area contributed by atoms with Gasteiger partial charge >= 0.3 is 0 Å². The van der Waals surface area contributed by atoms with Crippen LogP contribution in [-0.4, -0.2) is 34.2 Å². The van der Waals surface area contributed by atoms with Crippen molar-refractivity contribution < 1.29 is 9.84 Å². The van der Waals surface area contributed by atoms with E-state index in [0.717, 1.165) is 61.3 Å². The summed E-state index contributed by atoms with van der Waals surface area (Å²) in [7, 11) is 3.97. The van der Waals surface area contributed by atoms with Crippen LogP contribution in [0.4, 0.5) is 0 Å². The Balaban J connectivity index is 0.000000145. The van der Waals surface area contributed by atoms with Gasteiger partial charge in [0.2, 0.25) is 0 Å². The number of nitrogens with zero attached hydrogens (tertiary/aromatic N) is 6. The minimum absolute atomic E-state index is 0.267. The molecule has 0 bridgehead atoms. The van der Waals surface area contributed by atoms with E-state index >= 15 is 0 Å². The summed E-state index contributed by atoms with van der Waals surface area (Å²) in [6.07, 6.45) is 11.0. The first kappa shape index (κ1) is 34.5. The second kappa shape index (κ2) is 16.9. The Morgan fingerprint density at radius 3 is 1.47 bits per heavy atom. The molecule has 0 amide bonds. The van der Waals surface area contributed by atoms with E-state index < -0.39 is 0 Å². The Labute approximate surface area is 305 Å². The molecule has 4 heterocycles. The van der Waals surface area contributed by atoms with E-state index in [-0.39, 0.29) is 5.75 Å². The summed E-state index contributed by atoms with van der Waals surface area (Å²) in [6.45, 7) is 0. The summed E-state index contributed by atoms with van der Waals surface area (Å²) in [5, 5.41) is 9.25. The molecule has 0 saturated carbocycles. The minimum atomic E-state index is 0.267. The highest BCUT2D eigenvalue weighted by Crippen LogP contribution is 2.29. The van der Waals surface area contributed by atoms with Gasteiger partial charge in [-0.25, -0.2) is 9.97 Å². The maximum atomic E-state index is 9.25. The third-order valence-electron chi connectivity index (χ3n) is 7.65. The fourth-order valence-electron chi connectivity index (χ4n) is 5.20. The Hall–Kier alpha value is -6.32. The molecule has 4 aromatic carbocycles. The molecule has 0 aliphatic rings. The highest BCUT2D eigenvalue weighted by Gasteiger charge is 2.07. The van der Waals surface area contributed by atoms with E-state index in [1.54, 1.807) is 43.0 Å². The average molecular weight is 736 g/mol. The number of ether oxygens (including phenoxy) is 1. The van der Waals surface area contributed by atoms with Crippen molar-refractivity contribution in [3.05, 3.63) is 175 Å². The van der Waals surface area contributed by atoms with Crippen molar-refractivity contribution >= 4 is 15.9 Å². The van der Waals surface area contributed by atoms with Crippen LogP contribution in [0.5, 0.6) is 17.2 Å². The van der Waals surface area contributed by atoms with Crippen LogP contribution < -0.4 is 4.74 Å². The lowest BCUT2D eigenvalue weighted by atomic mass is 10.1. The van der Waals surface area contributed by atoms with Crippen LogP contribution >= 0.6 is 15.9 Å². The second-order valence-corrected chi connectivity index (χ2v) is 12.3. The summed E-state index contributed by atoms with van der Waals surface area (Å²) in [5.74, 6) is 3.72. The van der Waals surface area contributed by atoms with E-state index in [4.69, 9.17) is 4.74 Å². The fraction of sp³-hybridized carbons (Fsp3) is 0.0476. The molecule has 0 spiro atoms. The molecule has 8 aromatic rings.